The fraction of sp³-hybridized carbons (Fsp3) is 0.630. The first-order chi connectivity index (χ1) is 13.3. The van der Waals surface area contributed by atoms with E-state index in [0.29, 0.717) is 0 Å². The van der Waals surface area contributed by atoms with Crippen LogP contribution in [-0.4, -0.2) is 0 Å². The summed E-state index contributed by atoms with van der Waals surface area (Å²) in [7, 11) is 0. The molecule has 0 heterocycles. The van der Waals surface area contributed by atoms with Crippen LogP contribution in [0.4, 0.5) is 0 Å². The SMILES string of the molecule is CCCCCCCC[C@H]1CC[C@H](c2ccc3cc(CCC)ccc3c2)CC1. The lowest BCUT2D eigenvalue weighted by Crippen LogP contribution is -2.13. The zero-order valence-corrected chi connectivity index (χ0v) is 17.8. The molecule has 0 radical (unpaired) electrons. The van der Waals surface area contributed by atoms with Gasteiger partial charge in [0.15, 0.2) is 0 Å². The van der Waals surface area contributed by atoms with Crippen molar-refractivity contribution in [3.8, 4) is 0 Å². The first-order valence-corrected chi connectivity index (χ1v) is 11.8. The van der Waals surface area contributed by atoms with E-state index in [1.54, 1.807) is 5.56 Å². The normalized spacial score (nSPS) is 20.2. The Morgan fingerprint density at radius 1 is 0.704 bits per heavy atom. The second-order valence-corrected chi connectivity index (χ2v) is 8.97. The molecule has 2 aromatic carbocycles. The lowest BCUT2D eigenvalue weighted by molar-refractivity contribution is 0.302. The predicted molar refractivity (Wildman–Crippen MR) is 121 cm³/mol. The first kappa shape index (κ1) is 20.4. The Morgan fingerprint density at radius 2 is 1.41 bits per heavy atom. The summed E-state index contributed by atoms with van der Waals surface area (Å²) in [6, 6.07) is 14.3. The minimum absolute atomic E-state index is 0.797. The monoisotopic (exact) mass is 364 g/mol. The number of benzene rings is 2. The van der Waals surface area contributed by atoms with Crippen molar-refractivity contribution in [2.45, 2.75) is 103 Å². The predicted octanol–water partition coefficient (Wildman–Crippen LogP) is 8.82. The van der Waals surface area contributed by atoms with Gasteiger partial charge in [0.2, 0.25) is 0 Å². The number of hydrogen-bond acceptors (Lipinski definition) is 0. The highest BCUT2D eigenvalue weighted by atomic mass is 14.3. The summed E-state index contributed by atoms with van der Waals surface area (Å²) in [6.07, 6.45) is 18.2. The van der Waals surface area contributed by atoms with E-state index in [1.807, 2.05) is 0 Å². The van der Waals surface area contributed by atoms with Crippen molar-refractivity contribution in [2.75, 3.05) is 0 Å². The van der Waals surface area contributed by atoms with Crippen LogP contribution in [-0.2, 0) is 6.42 Å². The molecule has 27 heavy (non-hydrogen) atoms. The van der Waals surface area contributed by atoms with E-state index in [9.17, 15) is 0 Å². The number of unbranched alkanes of at least 4 members (excludes halogenated alkanes) is 5. The van der Waals surface area contributed by atoms with E-state index in [4.69, 9.17) is 0 Å². The molecule has 1 fully saturated rings. The fourth-order valence-corrected chi connectivity index (χ4v) is 5.01. The van der Waals surface area contributed by atoms with Crippen molar-refractivity contribution in [1.82, 2.24) is 0 Å². The van der Waals surface area contributed by atoms with Crippen LogP contribution >= 0.6 is 0 Å². The molecule has 0 aliphatic heterocycles. The van der Waals surface area contributed by atoms with Crippen LogP contribution in [0.3, 0.4) is 0 Å². The van der Waals surface area contributed by atoms with E-state index in [1.165, 1.54) is 99.8 Å². The molecular formula is C27H40. The minimum Gasteiger partial charge on any atom is -0.0654 e. The van der Waals surface area contributed by atoms with Gasteiger partial charge in [-0.2, -0.15) is 0 Å². The van der Waals surface area contributed by atoms with Crippen LogP contribution in [0.15, 0.2) is 36.4 Å². The first-order valence-electron chi connectivity index (χ1n) is 11.8. The molecule has 0 nitrogen and oxygen atoms in total. The maximum atomic E-state index is 2.48. The van der Waals surface area contributed by atoms with Gasteiger partial charge in [0.1, 0.15) is 0 Å². The Balaban J connectivity index is 1.47. The van der Waals surface area contributed by atoms with Crippen LogP contribution < -0.4 is 0 Å². The zero-order chi connectivity index (χ0) is 18.9. The average Bonchev–Trinajstić information content (AvgIpc) is 2.71. The van der Waals surface area contributed by atoms with Gasteiger partial charge in [-0.25, -0.2) is 0 Å². The van der Waals surface area contributed by atoms with Crippen molar-refractivity contribution in [3.63, 3.8) is 0 Å². The minimum atomic E-state index is 0.797. The molecule has 0 atom stereocenters. The summed E-state index contributed by atoms with van der Waals surface area (Å²) in [5.41, 5.74) is 3.07. The number of hydrogen-bond donors (Lipinski definition) is 0. The van der Waals surface area contributed by atoms with Gasteiger partial charge >= 0.3 is 0 Å². The van der Waals surface area contributed by atoms with Crippen molar-refractivity contribution in [3.05, 3.63) is 47.5 Å². The van der Waals surface area contributed by atoms with Crippen molar-refractivity contribution in [2.24, 2.45) is 5.92 Å². The standard InChI is InChI=1S/C27H40/c1-3-5-6-7-8-9-11-22-12-15-24(16-13-22)26-19-18-25-20-23(10-4-2)14-17-27(25)21-26/h14,17-22,24H,3-13,15-16H2,1-2H3/t22-,24-. The van der Waals surface area contributed by atoms with Gasteiger partial charge in [0.25, 0.3) is 0 Å². The highest BCUT2D eigenvalue weighted by Crippen LogP contribution is 2.38. The Kier molecular flexibility index (Phi) is 8.24. The third kappa shape index (κ3) is 6.09. The van der Waals surface area contributed by atoms with Crippen LogP contribution in [0.1, 0.15) is 108 Å². The summed E-state index contributed by atoms with van der Waals surface area (Å²) < 4.78 is 0. The van der Waals surface area contributed by atoms with Gasteiger partial charge in [0, 0.05) is 0 Å². The summed E-state index contributed by atoms with van der Waals surface area (Å²) in [6.45, 7) is 4.56. The molecule has 0 N–H and O–H groups in total. The molecule has 3 rings (SSSR count). The van der Waals surface area contributed by atoms with E-state index in [0.717, 1.165) is 11.8 Å². The molecule has 0 unspecified atom stereocenters. The van der Waals surface area contributed by atoms with Gasteiger partial charge < -0.3 is 0 Å². The van der Waals surface area contributed by atoms with Crippen molar-refractivity contribution < 1.29 is 0 Å². The molecule has 148 valence electrons. The quantitative estimate of drug-likeness (QED) is 0.369. The van der Waals surface area contributed by atoms with Gasteiger partial charge in [-0.1, -0.05) is 102 Å². The van der Waals surface area contributed by atoms with Gasteiger partial charge in [0.05, 0.1) is 0 Å². The Bertz CT molecular complexity index is 675. The second kappa shape index (κ2) is 10.9. The van der Waals surface area contributed by atoms with E-state index >= 15 is 0 Å². The van der Waals surface area contributed by atoms with E-state index < -0.39 is 0 Å². The lowest BCUT2D eigenvalue weighted by Gasteiger charge is -2.29. The molecule has 0 aromatic heterocycles. The van der Waals surface area contributed by atoms with E-state index in [-0.39, 0.29) is 0 Å². The molecule has 0 amide bonds. The highest BCUT2D eigenvalue weighted by molar-refractivity contribution is 5.84. The molecule has 0 saturated heterocycles. The third-order valence-electron chi connectivity index (χ3n) is 6.75. The molecule has 0 bridgehead atoms. The Labute approximate surface area is 167 Å². The van der Waals surface area contributed by atoms with Crippen LogP contribution in [0, 0.1) is 5.92 Å². The summed E-state index contributed by atoms with van der Waals surface area (Å²) >= 11 is 0. The topological polar surface area (TPSA) is 0 Å². The van der Waals surface area contributed by atoms with Gasteiger partial charge in [-0.3, -0.25) is 0 Å². The molecule has 0 spiro atoms. The average molecular weight is 365 g/mol. The lowest BCUT2D eigenvalue weighted by atomic mass is 9.76. The van der Waals surface area contributed by atoms with Crippen LogP contribution in [0.2, 0.25) is 0 Å². The zero-order valence-electron chi connectivity index (χ0n) is 17.8. The van der Waals surface area contributed by atoms with E-state index in [2.05, 4.69) is 50.2 Å². The number of rotatable bonds is 10. The van der Waals surface area contributed by atoms with Crippen LogP contribution in [0.5, 0.6) is 0 Å². The smallest absolute Gasteiger partial charge is 0.0162 e. The molecule has 1 aliphatic carbocycles. The number of fused-ring (bicyclic) bond motifs is 1. The molecule has 0 heteroatoms. The fourth-order valence-electron chi connectivity index (χ4n) is 5.01. The highest BCUT2D eigenvalue weighted by Gasteiger charge is 2.22. The molecular weight excluding hydrogens is 324 g/mol. The Hall–Kier alpha value is -1.30. The van der Waals surface area contributed by atoms with Crippen LogP contribution in [0.25, 0.3) is 10.8 Å². The molecule has 1 aliphatic rings. The van der Waals surface area contributed by atoms with Gasteiger partial charge in [-0.15, -0.1) is 0 Å². The summed E-state index contributed by atoms with van der Waals surface area (Å²) in [5.74, 6) is 1.80. The summed E-state index contributed by atoms with van der Waals surface area (Å²) in [5, 5.41) is 2.85. The largest absolute Gasteiger partial charge is 0.0654 e. The molecule has 2 aromatic rings. The van der Waals surface area contributed by atoms with Crippen molar-refractivity contribution in [1.29, 1.82) is 0 Å². The maximum Gasteiger partial charge on any atom is -0.0162 e. The van der Waals surface area contributed by atoms with Crippen molar-refractivity contribution >= 4 is 10.8 Å². The third-order valence-corrected chi connectivity index (χ3v) is 6.75. The summed E-state index contributed by atoms with van der Waals surface area (Å²) in [4.78, 5) is 0. The molecule has 1 saturated carbocycles. The Morgan fingerprint density at radius 3 is 2.19 bits per heavy atom. The maximum absolute atomic E-state index is 2.48. The van der Waals surface area contributed by atoms with Gasteiger partial charge in [-0.05, 0) is 65.8 Å². The number of aryl methyl sites for hydroxylation is 1. The second-order valence-electron chi connectivity index (χ2n) is 8.97.